The molecule has 0 atom stereocenters. The van der Waals surface area contributed by atoms with Crippen molar-refractivity contribution >= 4 is 29.0 Å². The van der Waals surface area contributed by atoms with Crippen LogP contribution in [0, 0.1) is 12.3 Å². The summed E-state index contributed by atoms with van der Waals surface area (Å²) >= 11 is 0. The van der Waals surface area contributed by atoms with Crippen LogP contribution in [0.2, 0.25) is 0 Å². The number of para-hydroxylation sites is 1. The SMILES string of the molecule is Cc1nnc(Nc2ccc3c(c2)N(C(=O)C2(C)C=C2)c2ccccc2CC3)o1.[HH]. The monoisotopic (exact) mass is 374 g/mol. The van der Waals surface area contributed by atoms with Crippen molar-refractivity contribution in [2.75, 3.05) is 10.2 Å². The van der Waals surface area contributed by atoms with Gasteiger partial charge in [-0.05, 0) is 49.1 Å². The molecule has 0 unspecified atom stereocenters. The summed E-state index contributed by atoms with van der Waals surface area (Å²) in [6.45, 7) is 3.70. The van der Waals surface area contributed by atoms with Gasteiger partial charge in [0.05, 0.1) is 16.8 Å². The molecule has 1 aliphatic carbocycles. The Balaban J connectivity index is 0.00000205. The average molecular weight is 374 g/mol. The molecule has 2 aliphatic rings. The Labute approximate surface area is 164 Å². The van der Waals surface area contributed by atoms with Gasteiger partial charge in [0.15, 0.2) is 0 Å². The summed E-state index contributed by atoms with van der Waals surface area (Å²) < 4.78 is 5.43. The Kier molecular flexibility index (Phi) is 3.62. The molecular weight excluding hydrogens is 352 g/mol. The van der Waals surface area contributed by atoms with Gasteiger partial charge in [0.1, 0.15) is 0 Å². The lowest BCUT2D eigenvalue weighted by Crippen LogP contribution is -2.33. The van der Waals surface area contributed by atoms with E-state index in [1.807, 2.05) is 54.3 Å². The summed E-state index contributed by atoms with van der Waals surface area (Å²) in [6, 6.07) is 14.5. The van der Waals surface area contributed by atoms with Crippen molar-refractivity contribution in [2.45, 2.75) is 26.7 Å². The van der Waals surface area contributed by atoms with Crippen LogP contribution in [0.5, 0.6) is 0 Å². The fourth-order valence-corrected chi connectivity index (χ4v) is 3.60. The highest BCUT2D eigenvalue weighted by Gasteiger charge is 2.42. The number of benzene rings is 2. The molecule has 0 saturated heterocycles. The molecule has 0 bridgehead atoms. The maximum atomic E-state index is 13.4. The van der Waals surface area contributed by atoms with E-state index in [0.29, 0.717) is 11.9 Å². The topological polar surface area (TPSA) is 71.3 Å². The van der Waals surface area contributed by atoms with Gasteiger partial charge in [0.25, 0.3) is 0 Å². The van der Waals surface area contributed by atoms with Crippen molar-refractivity contribution in [3.05, 3.63) is 71.6 Å². The third-order valence-electron chi connectivity index (χ3n) is 5.33. The number of hydrogen-bond acceptors (Lipinski definition) is 5. The van der Waals surface area contributed by atoms with Crippen molar-refractivity contribution in [1.29, 1.82) is 0 Å². The fraction of sp³-hybridized carbons (Fsp3) is 0.227. The number of nitrogens with one attached hydrogen (secondary N) is 1. The third kappa shape index (κ3) is 2.78. The predicted octanol–water partition coefficient (Wildman–Crippen LogP) is 4.71. The fourth-order valence-electron chi connectivity index (χ4n) is 3.60. The van der Waals surface area contributed by atoms with E-state index in [1.54, 1.807) is 6.92 Å². The lowest BCUT2D eigenvalue weighted by atomic mass is 10.0. The molecule has 0 radical (unpaired) electrons. The van der Waals surface area contributed by atoms with E-state index < -0.39 is 5.41 Å². The second-order valence-electron chi connectivity index (χ2n) is 7.48. The van der Waals surface area contributed by atoms with Crippen LogP contribution in [0.1, 0.15) is 25.4 Å². The van der Waals surface area contributed by atoms with Crippen LogP contribution in [-0.4, -0.2) is 16.1 Å². The van der Waals surface area contributed by atoms with E-state index in [0.717, 1.165) is 35.5 Å². The van der Waals surface area contributed by atoms with Gasteiger partial charge in [-0.3, -0.25) is 9.69 Å². The second kappa shape index (κ2) is 6.05. The molecule has 2 heterocycles. The smallest absolute Gasteiger partial charge is 0.320 e. The highest BCUT2D eigenvalue weighted by Crippen LogP contribution is 2.44. The number of nitrogens with zero attached hydrogens (tertiary/aromatic N) is 3. The molecule has 1 aromatic heterocycles. The molecule has 1 N–H and O–H groups in total. The molecule has 1 amide bonds. The zero-order valence-electron chi connectivity index (χ0n) is 15.8. The molecule has 6 heteroatoms. The van der Waals surface area contributed by atoms with Crippen molar-refractivity contribution in [3.63, 3.8) is 0 Å². The van der Waals surface area contributed by atoms with Gasteiger partial charge in [0, 0.05) is 14.0 Å². The minimum Gasteiger partial charge on any atom is -0.408 e. The van der Waals surface area contributed by atoms with E-state index in [2.05, 4.69) is 27.6 Å². The molecule has 1 aliphatic heterocycles. The molecule has 142 valence electrons. The van der Waals surface area contributed by atoms with Gasteiger partial charge in [0.2, 0.25) is 11.8 Å². The number of anilines is 4. The van der Waals surface area contributed by atoms with Gasteiger partial charge in [-0.2, -0.15) is 0 Å². The highest BCUT2D eigenvalue weighted by molar-refractivity contribution is 6.09. The molecular formula is C22H22N4O2. The van der Waals surface area contributed by atoms with Gasteiger partial charge < -0.3 is 9.73 Å². The van der Waals surface area contributed by atoms with E-state index in [-0.39, 0.29) is 7.33 Å². The predicted molar refractivity (Wildman–Crippen MR) is 109 cm³/mol. The Morgan fingerprint density at radius 3 is 2.57 bits per heavy atom. The van der Waals surface area contributed by atoms with Gasteiger partial charge >= 0.3 is 6.01 Å². The van der Waals surface area contributed by atoms with Gasteiger partial charge in [-0.1, -0.05) is 41.5 Å². The molecule has 0 spiro atoms. The number of rotatable bonds is 3. The minimum absolute atomic E-state index is 0. The Morgan fingerprint density at radius 1 is 1.11 bits per heavy atom. The van der Waals surface area contributed by atoms with Crippen LogP contribution in [-0.2, 0) is 17.6 Å². The first-order valence-electron chi connectivity index (χ1n) is 9.36. The summed E-state index contributed by atoms with van der Waals surface area (Å²) in [5, 5.41) is 11.0. The lowest BCUT2D eigenvalue weighted by Gasteiger charge is -2.28. The summed E-state index contributed by atoms with van der Waals surface area (Å²) in [4.78, 5) is 15.3. The molecule has 5 rings (SSSR count). The molecule has 0 saturated carbocycles. The van der Waals surface area contributed by atoms with Crippen LogP contribution in [0.3, 0.4) is 0 Å². The Morgan fingerprint density at radius 2 is 1.86 bits per heavy atom. The summed E-state index contributed by atoms with van der Waals surface area (Å²) in [5.74, 6) is 0.560. The number of fused-ring (bicyclic) bond motifs is 2. The summed E-state index contributed by atoms with van der Waals surface area (Å²) in [7, 11) is 0. The summed E-state index contributed by atoms with van der Waals surface area (Å²) in [6.07, 6.45) is 5.67. The number of carbonyl (C=O) groups is 1. The number of hydrogen-bond donors (Lipinski definition) is 1. The third-order valence-corrected chi connectivity index (χ3v) is 5.33. The van der Waals surface area contributed by atoms with Crippen LogP contribution < -0.4 is 10.2 Å². The number of aromatic nitrogens is 2. The molecule has 28 heavy (non-hydrogen) atoms. The van der Waals surface area contributed by atoms with E-state index in [1.165, 1.54) is 5.56 Å². The van der Waals surface area contributed by atoms with Crippen molar-refractivity contribution < 1.29 is 10.6 Å². The lowest BCUT2D eigenvalue weighted by molar-refractivity contribution is -0.121. The number of carbonyl (C=O) groups excluding carboxylic acids is 1. The Hall–Kier alpha value is -3.41. The zero-order valence-corrected chi connectivity index (χ0v) is 15.8. The first kappa shape index (κ1) is 16.7. The van der Waals surface area contributed by atoms with Gasteiger partial charge in [-0.15, -0.1) is 5.10 Å². The van der Waals surface area contributed by atoms with Crippen molar-refractivity contribution in [1.82, 2.24) is 10.2 Å². The Bertz CT molecular complexity index is 1120. The van der Waals surface area contributed by atoms with E-state index in [4.69, 9.17) is 4.42 Å². The zero-order chi connectivity index (χ0) is 19.3. The quantitative estimate of drug-likeness (QED) is 0.673. The normalized spacial score (nSPS) is 16.1. The molecule has 6 nitrogen and oxygen atoms in total. The first-order chi connectivity index (χ1) is 13.5. The van der Waals surface area contributed by atoms with E-state index in [9.17, 15) is 4.79 Å². The molecule has 2 aromatic carbocycles. The number of amides is 1. The summed E-state index contributed by atoms with van der Waals surface area (Å²) in [5.41, 5.74) is 4.45. The largest absolute Gasteiger partial charge is 0.408 e. The average Bonchev–Trinajstić information content (AvgIpc) is 3.36. The maximum Gasteiger partial charge on any atom is 0.320 e. The van der Waals surface area contributed by atoms with Crippen LogP contribution in [0.25, 0.3) is 0 Å². The van der Waals surface area contributed by atoms with Crippen LogP contribution >= 0.6 is 0 Å². The van der Waals surface area contributed by atoms with E-state index >= 15 is 0 Å². The standard InChI is InChI=1S/C22H20N4O2.H2/c1-14-24-25-21(28-14)23-17-10-9-16-8-7-15-5-3-4-6-18(15)26(19(16)13-17)20(27)22(2)11-12-22;/h3-6,9-13H,7-8H2,1-2H3,(H,23,25);1H. The second-order valence-corrected chi connectivity index (χ2v) is 7.48. The highest BCUT2D eigenvalue weighted by atomic mass is 16.4. The maximum absolute atomic E-state index is 13.4. The minimum atomic E-state index is -0.512. The first-order valence-corrected chi connectivity index (χ1v) is 9.36. The van der Waals surface area contributed by atoms with Crippen molar-refractivity contribution in [2.24, 2.45) is 5.41 Å². The van der Waals surface area contributed by atoms with Gasteiger partial charge in [-0.25, -0.2) is 0 Å². The number of aryl methyl sites for hydroxylation is 3. The van der Waals surface area contributed by atoms with Crippen molar-refractivity contribution in [3.8, 4) is 0 Å². The van der Waals surface area contributed by atoms with Crippen LogP contribution in [0.15, 0.2) is 59.0 Å². The molecule has 0 fully saturated rings. The van der Waals surface area contributed by atoms with Crippen LogP contribution in [0.4, 0.5) is 23.1 Å². The molecule has 3 aromatic rings.